The molecule has 0 N–H and O–H groups in total. The van der Waals surface area contributed by atoms with Gasteiger partial charge in [0.15, 0.2) is 0 Å². The van der Waals surface area contributed by atoms with Gasteiger partial charge in [0, 0.05) is 15.9 Å². The van der Waals surface area contributed by atoms with E-state index in [2.05, 4.69) is 216 Å². The quantitative estimate of drug-likeness (QED) is 0.142. The van der Waals surface area contributed by atoms with Crippen molar-refractivity contribution >= 4 is 32.8 Å². The van der Waals surface area contributed by atoms with Gasteiger partial charge in [0.05, 0.1) is 0 Å². The van der Waals surface area contributed by atoms with Crippen LogP contribution in [0.2, 0.25) is 0 Å². The summed E-state index contributed by atoms with van der Waals surface area (Å²) in [6.07, 6.45) is 3.65. The van der Waals surface area contributed by atoms with E-state index in [0.717, 1.165) is 66.3 Å². The summed E-state index contributed by atoms with van der Waals surface area (Å²) in [5, 5.41) is 1.96. The van der Waals surface area contributed by atoms with Crippen LogP contribution in [0.5, 0.6) is 11.5 Å². The van der Waals surface area contributed by atoms with Gasteiger partial charge < -0.3 is 0 Å². The Balaban J connectivity index is 0.976. The van der Waals surface area contributed by atoms with Crippen LogP contribution >= 0.6 is 0 Å². The molecule has 0 bridgehead atoms. The summed E-state index contributed by atoms with van der Waals surface area (Å²) in [6, 6.07) is 69.0. The Kier molecular flexibility index (Phi) is 11.1. The van der Waals surface area contributed by atoms with Gasteiger partial charge in [0.1, 0.15) is 0 Å². The van der Waals surface area contributed by atoms with Crippen molar-refractivity contribution in [2.75, 3.05) is 0 Å². The topological polar surface area (TPSA) is 36.9 Å². The monoisotopic (exact) mass is 1150 g/mol. The first-order chi connectivity index (χ1) is 36.9. The van der Waals surface area contributed by atoms with Crippen molar-refractivity contribution in [1.29, 1.82) is 0 Å². The molecular formula is C68H60N4OPt-2. The normalized spacial score (nSPS) is 15.8. The van der Waals surface area contributed by atoms with Gasteiger partial charge in [0.25, 0.3) is 0 Å². The van der Waals surface area contributed by atoms with E-state index in [0.29, 0.717) is 28.8 Å². The Hall–Kier alpha value is -7.33. The Bertz CT molecular complexity index is 4060. The Morgan fingerprint density at radius 1 is 0.581 bits per heavy atom. The second kappa shape index (κ2) is 18.6. The fraction of sp³-hybridized carbons (Fsp3) is 0.206. The summed E-state index contributed by atoms with van der Waals surface area (Å²) in [5.74, 6) is 1.94. The summed E-state index contributed by atoms with van der Waals surface area (Å²) in [7, 11) is 0. The molecule has 0 fully saturated rings. The van der Waals surface area contributed by atoms with E-state index >= 15 is 0 Å². The van der Waals surface area contributed by atoms with E-state index in [4.69, 9.17) is 13.8 Å². The molecule has 0 aliphatic heterocycles. The van der Waals surface area contributed by atoms with E-state index < -0.39 is 6.85 Å². The van der Waals surface area contributed by atoms with Crippen molar-refractivity contribution in [3.05, 3.63) is 226 Å². The van der Waals surface area contributed by atoms with E-state index in [1.807, 2.05) is 47.0 Å². The Morgan fingerprint density at radius 3 is 1.84 bits per heavy atom. The van der Waals surface area contributed by atoms with Gasteiger partial charge in [-0.15, -0.1) is 0 Å². The van der Waals surface area contributed by atoms with Gasteiger partial charge in [-0.3, -0.25) is 0 Å². The zero-order chi connectivity index (χ0) is 53.5. The third-order valence-corrected chi connectivity index (χ3v) is 16.2. The molecule has 0 radical (unpaired) electrons. The third kappa shape index (κ3) is 8.40. The molecule has 1 aliphatic carbocycles. The molecule has 0 amide bonds. The number of rotatable bonds is 8. The number of aryl methyl sites for hydroxylation is 1. The van der Waals surface area contributed by atoms with E-state index in [-0.39, 0.29) is 22.4 Å². The summed E-state index contributed by atoms with van der Waals surface area (Å²) < 4.78 is 41.1. The van der Waals surface area contributed by atoms with Gasteiger partial charge in [-0.05, 0) is 41.1 Å². The molecule has 3 heterocycles. The van der Waals surface area contributed by atoms with Gasteiger partial charge in [-0.2, -0.15) is 0 Å². The van der Waals surface area contributed by atoms with E-state index in [1.165, 1.54) is 38.9 Å². The van der Waals surface area contributed by atoms with Gasteiger partial charge in [-0.25, -0.2) is 4.98 Å². The first kappa shape index (κ1) is 44.2. The van der Waals surface area contributed by atoms with Crippen LogP contribution in [0.4, 0.5) is 0 Å². The van der Waals surface area contributed by atoms with Gasteiger partial charge in [-0.1, -0.05) is 63.2 Å². The molecule has 74 heavy (non-hydrogen) atoms. The van der Waals surface area contributed by atoms with Gasteiger partial charge in [0.2, 0.25) is 0 Å². The fourth-order valence-corrected chi connectivity index (χ4v) is 12.2. The van der Waals surface area contributed by atoms with Crippen LogP contribution in [0, 0.1) is 22.8 Å². The number of pyridine rings is 1. The standard InChI is InChI=1S/C68H60N4O.Pt/c1-44-27-36-60(70-43-71(63-26-18-17-25-62(63)70)66-56(46-19-11-9-12-20-46)38-50(68(6,7)8)39-57(66)47-21-13-10-14-22-47)58-40-51(32-34-53(44)58)73-52-33-35-55-54-23-15-16-24-61(54)72(64(55)41-52)65-37-45(2)59(42-69-65)48-28-30-49(31-29-48)67(3,4)5;/h9-26,28-35,37-39,42,44,60H,27,36H2,1-8H3;/q-2;/i2D3;. The van der Waals surface area contributed by atoms with Crippen LogP contribution < -0.4 is 4.74 Å². The SMILES string of the molecule is [2H]C([2H])([2H])c1cc(-n2c3[c-]c(Oc4[c-]c5c(cc4)C(C)CCC5n4[c](=[Pt])n(-c5c(-c6ccccc6)cc(C(C)(C)C)cc5-c5ccccc5)c5ccccc54)ccc3c3ccccc32)ncc1-c1ccc(C(C)(C)C)cc1. The molecule has 12 rings (SSSR count). The van der Waals surface area contributed by atoms with Crippen molar-refractivity contribution in [3.63, 3.8) is 0 Å². The van der Waals surface area contributed by atoms with Crippen LogP contribution in [0.25, 0.3) is 77.7 Å². The molecule has 0 saturated heterocycles. The second-order valence-electron chi connectivity index (χ2n) is 22.0. The molecule has 6 heteroatoms. The smallest absolute Gasteiger partial charge is 0.238 e. The summed E-state index contributed by atoms with van der Waals surface area (Å²) in [4.78, 5) is 4.99. The Labute approximate surface area is 450 Å². The van der Waals surface area contributed by atoms with Crippen molar-refractivity contribution in [2.24, 2.45) is 0 Å². The summed E-state index contributed by atoms with van der Waals surface area (Å²) >= 11 is 2.58. The molecule has 370 valence electrons. The minimum Gasteiger partial charge on any atom is -0.238 e. The first-order valence-corrected chi connectivity index (χ1v) is 26.8. The number of ether oxygens (including phenoxy) is 1. The van der Waals surface area contributed by atoms with Crippen molar-refractivity contribution in [2.45, 2.75) is 90.9 Å². The number of aromatic nitrogens is 4. The van der Waals surface area contributed by atoms with E-state index in [1.54, 1.807) is 12.3 Å². The fourth-order valence-electron chi connectivity index (χ4n) is 11.1. The number of para-hydroxylation sites is 3. The number of benzene rings is 8. The van der Waals surface area contributed by atoms with Crippen molar-refractivity contribution < 1.29 is 28.2 Å². The third-order valence-electron chi connectivity index (χ3n) is 15.1. The van der Waals surface area contributed by atoms with Crippen molar-refractivity contribution in [1.82, 2.24) is 18.7 Å². The zero-order valence-electron chi connectivity index (χ0n) is 45.9. The van der Waals surface area contributed by atoms with Crippen LogP contribution in [-0.2, 0) is 30.2 Å². The maximum absolute atomic E-state index is 8.72. The minimum absolute atomic E-state index is 0.0364. The minimum atomic E-state index is -2.40. The number of hydrogen-bond donors (Lipinski definition) is 0. The zero-order valence-corrected chi connectivity index (χ0v) is 45.2. The number of fused-ring (bicyclic) bond motifs is 5. The van der Waals surface area contributed by atoms with Crippen LogP contribution in [0.15, 0.2) is 182 Å². The average Bonchev–Trinajstić information content (AvgIpc) is 4.17. The molecule has 3 aromatic heterocycles. The first-order valence-electron chi connectivity index (χ1n) is 27.2. The Morgan fingerprint density at radius 2 is 1.18 bits per heavy atom. The summed E-state index contributed by atoms with van der Waals surface area (Å²) in [6.45, 7) is 13.3. The maximum atomic E-state index is 8.72. The van der Waals surface area contributed by atoms with Crippen LogP contribution in [-0.4, -0.2) is 18.7 Å². The number of imidazole rings is 1. The molecule has 11 aromatic rings. The van der Waals surface area contributed by atoms with Gasteiger partial charge >= 0.3 is 328 Å². The second-order valence-corrected chi connectivity index (χ2v) is 23.0. The van der Waals surface area contributed by atoms with Crippen LogP contribution in [0.3, 0.4) is 0 Å². The average molecular weight is 1150 g/mol. The molecule has 5 nitrogen and oxygen atoms in total. The van der Waals surface area contributed by atoms with E-state index in [9.17, 15) is 0 Å². The number of nitrogens with zero attached hydrogens (tertiary/aromatic N) is 4. The molecule has 0 saturated carbocycles. The molecular weight excluding hydrogens is 1080 g/mol. The molecule has 0 spiro atoms. The molecule has 2 atom stereocenters. The molecule has 8 aromatic carbocycles. The predicted octanol–water partition coefficient (Wildman–Crippen LogP) is 17.8. The molecule has 1 aliphatic rings. The molecule has 2 unspecified atom stereocenters. The predicted molar refractivity (Wildman–Crippen MR) is 302 cm³/mol. The van der Waals surface area contributed by atoms with Crippen molar-refractivity contribution in [3.8, 4) is 56.4 Å². The number of hydrogen-bond acceptors (Lipinski definition) is 2. The summed E-state index contributed by atoms with van der Waals surface area (Å²) in [5.41, 5.74) is 16.1. The van der Waals surface area contributed by atoms with Crippen LogP contribution in [0.1, 0.15) is 105 Å².